The van der Waals surface area contributed by atoms with Crippen LogP contribution in [0.2, 0.25) is 0 Å². The van der Waals surface area contributed by atoms with Gasteiger partial charge in [-0.3, -0.25) is 0 Å². The zero-order valence-corrected chi connectivity index (χ0v) is 23.1. The van der Waals surface area contributed by atoms with Gasteiger partial charge < -0.3 is 4.90 Å². The Balaban J connectivity index is 1.55. The van der Waals surface area contributed by atoms with Crippen LogP contribution in [0.25, 0.3) is 11.1 Å². The van der Waals surface area contributed by atoms with E-state index < -0.39 is 0 Å². The van der Waals surface area contributed by atoms with Gasteiger partial charge in [0.25, 0.3) is 0 Å². The van der Waals surface area contributed by atoms with Gasteiger partial charge in [-0.25, -0.2) is 0 Å². The Bertz CT molecular complexity index is 1340. The highest BCUT2D eigenvalue weighted by Crippen LogP contribution is 2.61. The van der Waals surface area contributed by atoms with E-state index in [1.165, 1.54) is 44.8 Å². The van der Waals surface area contributed by atoms with Crippen molar-refractivity contribution in [1.29, 1.82) is 0 Å². The van der Waals surface area contributed by atoms with Crippen molar-refractivity contribution in [2.75, 3.05) is 4.90 Å². The zero-order chi connectivity index (χ0) is 25.9. The van der Waals surface area contributed by atoms with Crippen molar-refractivity contribution in [3.63, 3.8) is 0 Å². The molecule has 4 aromatic carbocycles. The standard InChI is InChI=1S/C35H39N/c1-24-9-16-28(17-10-24)36(29-18-11-25(2)12-19-29)30-20-13-26(14-21-30)27-15-22-31-32(23-27)34(5,6)35(7,8)33(31,3)4/h9-23H,1-8H3. The van der Waals surface area contributed by atoms with Gasteiger partial charge in [0.15, 0.2) is 0 Å². The molecule has 184 valence electrons. The van der Waals surface area contributed by atoms with Crippen molar-refractivity contribution in [3.8, 4) is 11.1 Å². The number of aryl methyl sites for hydroxylation is 2. The molecule has 0 aromatic heterocycles. The topological polar surface area (TPSA) is 3.24 Å². The summed E-state index contributed by atoms with van der Waals surface area (Å²) in [6.07, 6.45) is 0. The summed E-state index contributed by atoms with van der Waals surface area (Å²) < 4.78 is 0. The van der Waals surface area contributed by atoms with Gasteiger partial charge in [-0.1, -0.05) is 107 Å². The SMILES string of the molecule is Cc1ccc(N(c2ccc(C)cc2)c2ccc(-c3ccc4c(c3)C(C)(C)C(C)(C)C4(C)C)cc2)cc1. The van der Waals surface area contributed by atoms with Crippen LogP contribution in [-0.2, 0) is 10.8 Å². The molecule has 5 rings (SSSR count). The highest BCUT2D eigenvalue weighted by Gasteiger charge is 2.56. The summed E-state index contributed by atoms with van der Waals surface area (Å²) in [5.41, 5.74) is 12.0. The number of anilines is 3. The van der Waals surface area contributed by atoms with E-state index in [0.29, 0.717) is 0 Å². The van der Waals surface area contributed by atoms with E-state index in [2.05, 4.69) is 151 Å². The summed E-state index contributed by atoms with van der Waals surface area (Å²) in [7, 11) is 0. The van der Waals surface area contributed by atoms with Gasteiger partial charge in [0.1, 0.15) is 0 Å². The van der Waals surface area contributed by atoms with Crippen LogP contribution in [0.15, 0.2) is 91.0 Å². The molecule has 0 bridgehead atoms. The summed E-state index contributed by atoms with van der Waals surface area (Å²) >= 11 is 0. The first-order valence-corrected chi connectivity index (χ1v) is 13.1. The van der Waals surface area contributed by atoms with Crippen molar-refractivity contribution in [2.24, 2.45) is 5.41 Å². The molecule has 0 saturated carbocycles. The minimum Gasteiger partial charge on any atom is -0.311 e. The second-order valence-electron chi connectivity index (χ2n) is 12.2. The summed E-state index contributed by atoms with van der Waals surface area (Å²) in [6, 6.07) is 33.7. The highest BCUT2D eigenvalue weighted by molar-refractivity contribution is 5.78. The maximum absolute atomic E-state index is 2.44. The third-order valence-corrected chi connectivity index (χ3v) is 9.53. The number of hydrogen-bond donors (Lipinski definition) is 0. The third kappa shape index (κ3) is 3.68. The van der Waals surface area contributed by atoms with Gasteiger partial charge in [-0.05, 0) is 88.7 Å². The van der Waals surface area contributed by atoms with Crippen LogP contribution in [-0.4, -0.2) is 0 Å². The van der Waals surface area contributed by atoms with Crippen LogP contribution in [0.1, 0.15) is 63.8 Å². The predicted octanol–water partition coefficient (Wildman–Crippen LogP) is 10.0. The Hall–Kier alpha value is -3.32. The van der Waals surface area contributed by atoms with Crippen molar-refractivity contribution < 1.29 is 0 Å². The van der Waals surface area contributed by atoms with Crippen molar-refractivity contribution in [3.05, 3.63) is 113 Å². The molecular formula is C35H39N. The fourth-order valence-electron chi connectivity index (χ4n) is 5.88. The Labute approximate surface area is 217 Å². The lowest BCUT2D eigenvalue weighted by Crippen LogP contribution is -2.42. The maximum Gasteiger partial charge on any atom is 0.0462 e. The minimum absolute atomic E-state index is 0.107. The predicted molar refractivity (Wildman–Crippen MR) is 156 cm³/mol. The van der Waals surface area contributed by atoms with Gasteiger partial charge in [0, 0.05) is 17.1 Å². The van der Waals surface area contributed by atoms with Crippen LogP contribution < -0.4 is 4.90 Å². The van der Waals surface area contributed by atoms with Crippen LogP contribution in [0.3, 0.4) is 0 Å². The Morgan fingerprint density at radius 1 is 0.444 bits per heavy atom. The minimum atomic E-state index is 0.107. The second-order valence-corrected chi connectivity index (χ2v) is 12.2. The van der Waals surface area contributed by atoms with E-state index in [4.69, 9.17) is 0 Å². The van der Waals surface area contributed by atoms with Crippen LogP contribution in [0, 0.1) is 19.3 Å². The molecule has 4 aromatic rings. The summed E-state index contributed by atoms with van der Waals surface area (Å²) in [5.74, 6) is 0. The Morgan fingerprint density at radius 3 is 1.31 bits per heavy atom. The third-order valence-electron chi connectivity index (χ3n) is 9.53. The Morgan fingerprint density at radius 2 is 0.833 bits per heavy atom. The number of nitrogens with zero attached hydrogens (tertiary/aromatic N) is 1. The fraction of sp³-hybridized carbons (Fsp3) is 0.314. The monoisotopic (exact) mass is 473 g/mol. The molecular weight excluding hydrogens is 434 g/mol. The highest BCUT2D eigenvalue weighted by atomic mass is 15.1. The molecule has 0 spiro atoms. The molecule has 1 heteroatoms. The van der Waals surface area contributed by atoms with Crippen LogP contribution in [0.4, 0.5) is 17.1 Å². The van der Waals surface area contributed by atoms with Gasteiger partial charge in [0.05, 0.1) is 0 Å². The van der Waals surface area contributed by atoms with Crippen LogP contribution in [0.5, 0.6) is 0 Å². The smallest absolute Gasteiger partial charge is 0.0462 e. The number of benzene rings is 4. The average molecular weight is 474 g/mol. The lowest BCUT2D eigenvalue weighted by molar-refractivity contribution is 0.125. The largest absolute Gasteiger partial charge is 0.311 e. The first-order chi connectivity index (χ1) is 16.9. The van der Waals surface area contributed by atoms with Gasteiger partial charge in [-0.2, -0.15) is 0 Å². The molecule has 1 nitrogen and oxygen atoms in total. The summed E-state index contributed by atoms with van der Waals surface area (Å²) in [4.78, 5) is 2.33. The molecule has 0 N–H and O–H groups in total. The van der Waals surface area contributed by atoms with E-state index in [1.807, 2.05) is 0 Å². The van der Waals surface area contributed by atoms with E-state index in [1.54, 1.807) is 0 Å². The molecule has 0 atom stereocenters. The quantitative estimate of drug-likeness (QED) is 0.285. The van der Waals surface area contributed by atoms with Gasteiger partial charge >= 0.3 is 0 Å². The first-order valence-electron chi connectivity index (χ1n) is 13.1. The van der Waals surface area contributed by atoms with E-state index in [0.717, 1.165) is 5.69 Å². The average Bonchev–Trinajstić information content (AvgIpc) is 2.96. The van der Waals surface area contributed by atoms with Crippen LogP contribution >= 0.6 is 0 Å². The van der Waals surface area contributed by atoms with Crippen molar-refractivity contribution >= 4 is 17.1 Å². The molecule has 0 aliphatic heterocycles. The Kier molecular flexibility index (Phi) is 5.67. The van der Waals surface area contributed by atoms with Crippen molar-refractivity contribution in [2.45, 2.75) is 66.2 Å². The molecule has 36 heavy (non-hydrogen) atoms. The summed E-state index contributed by atoms with van der Waals surface area (Å²) in [6.45, 7) is 18.7. The summed E-state index contributed by atoms with van der Waals surface area (Å²) in [5, 5.41) is 0. The van der Waals surface area contributed by atoms with Gasteiger partial charge in [-0.15, -0.1) is 0 Å². The number of rotatable bonds is 4. The van der Waals surface area contributed by atoms with E-state index in [-0.39, 0.29) is 16.2 Å². The lowest BCUT2D eigenvalue weighted by atomic mass is 9.59. The molecule has 0 saturated heterocycles. The fourth-order valence-corrected chi connectivity index (χ4v) is 5.88. The first kappa shape index (κ1) is 24.4. The molecule has 0 amide bonds. The maximum atomic E-state index is 2.44. The number of hydrogen-bond acceptors (Lipinski definition) is 1. The van der Waals surface area contributed by atoms with Gasteiger partial charge in [0.2, 0.25) is 0 Å². The van der Waals surface area contributed by atoms with E-state index in [9.17, 15) is 0 Å². The molecule has 1 aliphatic carbocycles. The molecule has 1 aliphatic rings. The molecule has 0 heterocycles. The normalized spacial score (nSPS) is 17.0. The van der Waals surface area contributed by atoms with Crippen molar-refractivity contribution in [1.82, 2.24) is 0 Å². The zero-order valence-electron chi connectivity index (χ0n) is 23.1. The lowest BCUT2D eigenvalue weighted by Gasteiger charge is -2.44. The van der Waals surface area contributed by atoms with E-state index >= 15 is 0 Å². The second kappa shape index (κ2) is 8.37. The number of fused-ring (bicyclic) bond motifs is 1. The molecule has 0 fully saturated rings. The molecule has 0 unspecified atom stereocenters. The molecule has 0 radical (unpaired) electrons.